The molecule has 1 aliphatic carbocycles. The Morgan fingerprint density at radius 1 is 1.14 bits per heavy atom. The Kier molecular flexibility index (Phi) is 10.1. The molecule has 2 rings (SSSR count). The first kappa shape index (κ1) is 19.9. The first-order valence-electron chi connectivity index (χ1n) is 7.50. The van der Waals surface area contributed by atoms with Crippen LogP contribution in [0.3, 0.4) is 0 Å². The molecule has 122 valence electrons. The van der Waals surface area contributed by atoms with Gasteiger partial charge in [0, 0.05) is 32.8 Å². The molecule has 1 fully saturated rings. The van der Waals surface area contributed by atoms with Crippen LogP contribution in [-0.2, 0) is 0 Å². The van der Waals surface area contributed by atoms with Gasteiger partial charge >= 0.3 is 0 Å². The van der Waals surface area contributed by atoms with Crippen LogP contribution in [0, 0.1) is 6.92 Å². The Labute approximate surface area is 133 Å². The number of aromatic nitrogens is 2. The highest BCUT2D eigenvalue weighted by molar-refractivity contribution is 6.30. The fourth-order valence-electron chi connectivity index (χ4n) is 2.08. The highest BCUT2D eigenvalue weighted by atomic mass is 35.5. The van der Waals surface area contributed by atoms with Gasteiger partial charge in [-0.15, -0.1) is 0 Å². The first-order chi connectivity index (χ1) is 10.1. The summed E-state index contributed by atoms with van der Waals surface area (Å²) in [6.45, 7) is 5.96. The number of rotatable bonds is 3. The van der Waals surface area contributed by atoms with E-state index in [9.17, 15) is 0 Å². The van der Waals surface area contributed by atoms with Gasteiger partial charge in [-0.05, 0) is 19.8 Å². The van der Waals surface area contributed by atoms with Crippen LogP contribution in [0.1, 0.15) is 45.1 Å². The molecule has 2 N–H and O–H groups in total. The van der Waals surface area contributed by atoms with E-state index in [2.05, 4.69) is 15.3 Å². The molecule has 21 heavy (non-hydrogen) atoms. The third kappa shape index (κ3) is 6.06. The summed E-state index contributed by atoms with van der Waals surface area (Å²) in [5.74, 6) is 1.53. The summed E-state index contributed by atoms with van der Waals surface area (Å²) >= 11 is 6.13. The fourth-order valence-corrected chi connectivity index (χ4v) is 2.25. The van der Waals surface area contributed by atoms with E-state index in [0.717, 1.165) is 18.5 Å². The molecule has 1 saturated carbocycles. The zero-order valence-electron chi connectivity index (χ0n) is 14.1. The minimum atomic E-state index is 0.532. The number of nitrogens with one attached hydrogen (secondary N) is 1. The second kappa shape index (κ2) is 10.6. The molecule has 1 aromatic rings. The van der Waals surface area contributed by atoms with Crippen molar-refractivity contribution in [2.45, 2.75) is 52.5 Å². The predicted octanol–water partition coefficient (Wildman–Crippen LogP) is 3.49. The van der Waals surface area contributed by atoms with Gasteiger partial charge in [0.05, 0.1) is 0 Å². The summed E-state index contributed by atoms with van der Waals surface area (Å²) in [5, 5.41) is 11.0. The molecule has 5 nitrogen and oxygen atoms in total. The quantitative estimate of drug-likeness (QED) is 0.836. The molecule has 0 spiro atoms. The second-order valence-electron chi connectivity index (χ2n) is 4.81. The van der Waals surface area contributed by atoms with Crippen LogP contribution >= 0.6 is 11.6 Å². The zero-order valence-corrected chi connectivity index (χ0v) is 14.8. The van der Waals surface area contributed by atoms with Gasteiger partial charge < -0.3 is 15.3 Å². The topological polar surface area (TPSA) is 61.3 Å². The zero-order chi connectivity index (χ0) is 16.4. The highest BCUT2D eigenvalue weighted by Gasteiger charge is 2.18. The van der Waals surface area contributed by atoms with E-state index in [1.54, 1.807) is 0 Å². The standard InChI is InChI=1S/C12H19ClN4.C2H6.CH4O/c1-8-10(13)15-12(17(2)3)16-11(8)14-9-6-4-5-7-9;2*1-2/h9H,4-7H2,1-3H3,(H,14,15,16);1-2H3;2H,1H3. The second-order valence-corrected chi connectivity index (χ2v) is 5.17. The van der Waals surface area contributed by atoms with Crippen molar-refractivity contribution < 1.29 is 5.11 Å². The molecule has 1 heterocycles. The fraction of sp³-hybridized carbons (Fsp3) is 0.733. The van der Waals surface area contributed by atoms with Crippen molar-refractivity contribution in [3.05, 3.63) is 10.7 Å². The van der Waals surface area contributed by atoms with E-state index in [0.29, 0.717) is 17.1 Å². The molecular formula is C15H29ClN4O. The Morgan fingerprint density at radius 2 is 1.67 bits per heavy atom. The van der Waals surface area contributed by atoms with Crippen molar-refractivity contribution in [3.8, 4) is 0 Å². The van der Waals surface area contributed by atoms with Crippen molar-refractivity contribution in [2.24, 2.45) is 0 Å². The van der Waals surface area contributed by atoms with Gasteiger partial charge in [-0.2, -0.15) is 4.98 Å². The average molecular weight is 317 g/mol. The molecule has 0 unspecified atom stereocenters. The number of aliphatic hydroxyl groups is 1. The van der Waals surface area contributed by atoms with E-state index in [-0.39, 0.29) is 0 Å². The van der Waals surface area contributed by atoms with Gasteiger partial charge in [-0.25, -0.2) is 4.98 Å². The third-order valence-corrected chi connectivity index (χ3v) is 3.54. The summed E-state index contributed by atoms with van der Waals surface area (Å²) in [5.41, 5.74) is 0.934. The normalized spacial score (nSPS) is 13.7. The third-order valence-electron chi connectivity index (χ3n) is 3.17. The minimum Gasteiger partial charge on any atom is -0.400 e. The summed E-state index contributed by atoms with van der Waals surface area (Å²) in [6.07, 6.45) is 5.04. The summed E-state index contributed by atoms with van der Waals surface area (Å²) in [6, 6.07) is 0.537. The molecule has 0 aliphatic heterocycles. The van der Waals surface area contributed by atoms with Gasteiger partial charge in [0.2, 0.25) is 5.95 Å². The molecule has 0 amide bonds. The Balaban J connectivity index is 0.000000921. The van der Waals surface area contributed by atoms with Gasteiger partial charge in [0.15, 0.2) is 0 Å². The van der Waals surface area contributed by atoms with Crippen LogP contribution in [-0.4, -0.2) is 42.3 Å². The van der Waals surface area contributed by atoms with Crippen LogP contribution in [0.4, 0.5) is 11.8 Å². The Hall–Kier alpha value is -1.07. The molecule has 0 bridgehead atoms. The highest BCUT2D eigenvalue weighted by Crippen LogP contribution is 2.27. The number of halogens is 1. The molecule has 1 aliphatic rings. The van der Waals surface area contributed by atoms with Gasteiger partial charge in [0.1, 0.15) is 11.0 Å². The molecular weight excluding hydrogens is 288 g/mol. The lowest BCUT2D eigenvalue weighted by Gasteiger charge is -2.18. The number of anilines is 2. The van der Waals surface area contributed by atoms with Crippen molar-refractivity contribution in [3.63, 3.8) is 0 Å². The van der Waals surface area contributed by atoms with Crippen molar-refractivity contribution in [1.82, 2.24) is 9.97 Å². The Bertz CT molecular complexity index is 407. The summed E-state index contributed by atoms with van der Waals surface area (Å²) in [4.78, 5) is 10.6. The molecule has 0 atom stereocenters. The largest absolute Gasteiger partial charge is 0.400 e. The molecule has 1 aromatic heterocycles. The van der Waals surface area contributed by atoms with Gasteiger partial charge in [-0.3, -0.25) is 0 Å². The molecule has 0 radical (unpaired) electrons. The predicted molar refractivity (Wildman–Crippen MR) is 91.5 cm³/mol. The average Bonchev–Trinajstić information content (AvgIpc) is 3.00. The maximum absolute atomic E-state index is 7.00. The van der Waals surface area contributed by atoms with Crippen LogP contribution in [0.2, 0.25) is 5.15 Å². The summed E-state index contributed by atoms with van der Waals surface area (Å²) < 4.78 is 0. The van der Waals surface area contributed by atoms with Crippen molar-refractivity contribution >= 4 is 23.4 Å². The number of nitrogens with zero attached hydrogens (tertiary/aromatic N) is 3. The minimum absolute atomic E-state index is 0.532. The molecule has 0 aromatic carbocycles. The van der Waals surface area contributed by atoms with Crippen LogP contribution < -0.4 is 10.2 Å². The molecule has 0 saturated heterocycles. The number of aliphatic hydroxyl groups excluding tert-OH is 1. The van der Waals surface area contributed by atoms with Crippen LogP contribution in [0.15, 0.2) is 0 Å². The summed E-state index contributed by atoms with van der Waals surface area (Å²) in [7, 11) is 4.83. The number of hydrogen-bond donors (Lipinski definition) is 2. The van der Waals surface area contributed by atoms with Crippen LogP contribution in [0.5, 0.6) is 0 Å². The lowest BCUT2D eigenvalue weighted by molar-refractivity contribution is 0.399. The SMILES string of the molecule is CC.CO.Cc1c(Cl)nc(N(C)C)nc1NC1CCCC1. The van der Waals surface area contributed by atoms with Gasteiger partial charge in [-0.1, -0.05) is 38.3 Å². The first-order valence-corrected chi connectivity index (χ1v) is 7.88. The lowest BCUT2D eigenvalue weighted by Crippen LogP contribution is -2.19. The maximum Gasteiger partial charge on any atom is 0.228 e. The van der Waals surface area contributed by atoms with Crippen LogP contribution in [0.25, 0.3) is 0 Å². The van der Waals surface area contributed by atoms with Crippen molar-refractivity contribution in [2.75, 3.05) is 31.4 Å². The van der Waals surface area contributed by atoms with E-state index >= 15 is 0 Å². The van der Waals surface area contributed by atoms with Gasteiger partial charge in [0.25, 0.3) is 0 Å². The maximum atomic E-state index is 7.00. The van der Waals surface area contributed by atoms with E-state index < -0.39 is 0 Å². The number of hydrogen-bond acceptors (Lipinski definition) is 5. The van der Waals surface area contributed by atoms with E-state index in [1.807, 2.05) is 39.8 Å². The Morgan fingerprint density at radius 3 is 2.14 bits per heavy atom. The smallest absolute Gasteiger partial charge is 0.228 e. The van der Waals surface area contributed by atoms with E-state index in [1.165, 1.54) is 25.7 Å². The lowest BCUT2D eigenvalue weighted by atomic mass is 10.2. The van der Waals surface area contributed by atoms with E-state index in [4.69, 9.17) is 16.7 Å². The monoisotopic (exact) mass is 316 g/mol. The molecule has 6 heteroatoms. The van der Waals surface area contributed by atoms with Crippen molar-refractivity contribution in [1.29, 1.82) is 0 Å².